The minimum absolute atomic E-state index is 0.111. The molecule has 0 aliphatic rings. The van der Waals surface area contributed by atoms with Crippen LogP contribution in [0.3, 0.4) is 0 Å². The molecule has 2 aromatic heterocycles. The molecule has 0 amide bonds. The summed E-state index contributed by atoms with van der Waals surface area (Å²) in [6.07, 6.45) is 1.51. The fourth-order valence-electron chi connectivity index (χ4n) is 2.53. The molecule has 0 aliphatic carbocycles. The summed E-state index contributed by atoms with van der Waals surface area (Å²) in [7, 11) is 1.67. The topological polar surface area (TPSA) is 52.7 Å². The van der Waals surface area contributed by atoms with Gasteiger partial charge in [-0.3, -0.25) is 9.36 Å². The highest BCUT2D eigenvalue weighted by Crippen LogP contribution is 2.14. The molecule has 24 heavy (non-hydrogen) atoms. The number of nitrogens with zero attached hydrogens (tertiary/aromatic N) is 4. The van der Waals surface area contributed by atoms with E-state index in [1.807, 2.05) is 49.6 Å². The van der Waals surface area contributed by atoms with Crippen LogP contribution in [-0.4, -0.2) is 19.1 Å². The molecule has 0 atom stereocenters. The van der Waals surface area contributed by atoms with Crippen LogP contribution in [0.5, 0.6) is 0 Å². The molecule has 3 rings (SSSR count). The SMILES string of the molecule is Cc1cccc(C#Cc2nc(C)n(-c3cc(=O)n(C)cn3)c2C)c1. The molecule has 2 heterocycles. The zero-order chi connectivity index (χ0) is 17.3. The van der Waals surface area contributed by atoms with E-state index in [1.165, 1.54) is 22.5 Å². The molecule has 0 fully saturated rings. The maximum atomic E-state index is 11.8. The lowest BCUT2D eigenvalue weighted by molar-refractivity contribution is 0.794. The lowest BCUT2D eigenvalue weighted by atomic mass is 10.1. The Labute approximate surface area is 140 Å². The van der Waals surface area contributed by atoms with Crippen LogP contribution in [0, 0.1) is 32.6 Å². The van der Waals surface area contributed by atoms with Crippen molar-refractivity contribution in [3.63, 3.8) is 0 Å². The molecule has 0 aliphatic heterocycles. The molecule has 0 radical (unpaired) electrons. The van der Waals surface area contributed by atoms with Gasteiger partial charge in [0.05, 0.1) is 12.0 Å². The molecule has 1 aromatic carbocycles. The number of aromatic nitrogens is 4. The van der Waals surface area contributed by atoms with Crippen molar-refractivity contribution in [2.45, 2.75) is 20.8 Å². The highest BCUT2D eigenvalue weighted by atomic mass is 16.1. The Hall–Kier alpha value is -3.13. The number of aryl methyl sites for hydroxylation is 3. The predicted molar refractivity (Wildman–Crippen MR) is 93.2 cm³/mol. The standard InChI is InChI=1S/C19H18N4O/c1-13-6-5-7-16(10-13)8-9-17-14(2)23(15(3)21-17)18-11-19(24)22(4)12-20-18/h5-7,10-12H,1-4H3. The predicted octanol–water partition coefficient (Wildman–Crippen LogP) is 2.29. The van der Waals surface area contributed by atoms with Gasteiger partial charge in [-0.1, -0.05) is 18.1 Å². The lowest BCUT2D eigenvalue weighted by Gasteiger charge is -2.06. The van der Waals surface area contributed by atoms with E-state index in [4.69, 9.17) is 0 Å². The summed E-state index contributed by atoms with van der Waals surface area (Å²) >= 11 is 0. The van der Waals surface area contributed by atoms with Crippen LogP contribution >= 0.6 is 0 Å². The van der Waals surface area contributed by atoms with Crippen LogP contribution < -0.4 is 5.56 Å². The second kappa shape index (κ2) is 6.17. The van der Waals surface area contributed by atoms with Crippen molar-refractivity contribution in [1.82, 2.24) is 19.1 Å². The first-order valence-corrected chi connectivity index (χ1v) is 7.63. The quantitative estimate of drug-likeness (QED) is 0.647. The molecule has 0 saturated heterocycles. The molecule has 0 saturated carbocycles. The van der Waals surface area contributed by atoms with Crippen LogP contribution in [-0.2, 0) is 7.05 Å². The summed E-state index contributed by atoms with van der Waals surface area (Å²) in [4.78, 5) is 20.7. The maximum Gasteiger partial charge on any atom is 0.255 e. The van der Waals surface area contributed by atoms with Crippen LogP contribution in [0.4, 0.5) is 0 Å². The van der Waals surface area contributed by atoms with E-state index in [-0.39, 0.29) is 5.56 Å². The number of hydrogen-bond acceptors (Lipinski definition) is 3. The highest BCUT2D eigenvalue weighted by Gasteiger charge is 2.12. The fourth-order valence-corrected chi connectivity index (χ4v) is 2.53. The largest absolute Gasteiger partial charge is 0.302 e. The van der Waals surface area contributed by atoms with Gasteiger partial charge < -0.3 is 4.57 Å². The Bertz CT molecular complexity index is 1030. The normalized spacial score (nSPS) is 10.3. The number of imidazole rings is 1. The zero-order valence-electron chi connectivity index (χ0n) is 14.2. The molecule has 3 aromatic rings. The maximum absolute atomic E-state index is 11.8. The zero-order valence-corrected chi connectivity index (χ0v) is 14.2. The Morgan fingerprint density at radius 2 is 1.88 bits per heavy atom. The first-order chi connectivity index (χ1) is 11.5. The second-order valence-corrected chi connectivity index (χ2v) is 5.74. The van der Waals surface area contributed by atoms with Crippen molar-refractivity contribution >= 4 is 0 Å². The molecule has 0 unspecified atom stereocenters. The minimum Gasteiger partial charge on any atom is -0.302 e. The van der Waals surface area contributed by atoms with Gasteiger partial charge in [0, 0.05) is 18.7 Å². The smallest absolute Gasteiger partial charge is 0.255 e. The van der Waals surface area contributed by atoms with Gasteiger partial charge in [0.25, 0.3) is 5.56 Å². The van der Waals surface area contributed by atoms with Crippen molar-refractivity contribution < 1.29 is 0 Å². The Balaban J connectivity index is 2.04. The van der Waals surface area contributed by atoms with Gasteiger partial charge >= 0.3 is 0 Å². The highest BCUT2D eigenvalue weighted by molar-refractivity contribution is 5.45. The number of rotatable bonds is 1. The van der Waals surface area contributed by atoms with E-state index in [1.54, 1.807) is 7.05 Å². The van der Waals surface area contributed by atoms with Crippen LogP contribution in [0.1, 0.15) is 28.3 Å². The van der Waals surface area contributed by atoms with Gasteiger partial charge in [-0.2, -0.15) is 0 Å². The van der Waals surface area contributed by atoms with Gasteiger partial charge in [-0.25, -0.2) is 9.97 Å². The van der Waals surface area contributed by atoms with E-state index in [0.29, 0.717) is 11.5 Å². The molecule has 0 bridgehead atoms. The van der Waals surface area contributed by atoms with Gasteiger partial charge in [0.1, 0.15) is 17.3 Å². The average Bonchev–Trinajstić information content (AvgIpc) is 2.82. The lowest BCUT2D eigenvalue weighted by Crippen LogP contribution is -2.18. The van der Waals surface area contributed by atoms with Crippen molar-refractivity contribution in [1.29, 1.82) is 0 Å². The Kier molecular flexibility index (Phi) is 4.05. The monoisotopic (exact) mass is 318 g/mol. The number of hydrogen-bond donors (Lipinski definition) is 0. The summed E-state index contributed by atoms with van der Waals surface area (Å²) in [6, 6.07) is 9.53. The van der Waals surface area contributed by atoms with Crippen LogP contribution in [0.25, 0.3) is 5.82 Å². The van der Waals surface area contributed by atoms with Crippen molar-refractivity contribution in [2.75, 3.05) is 0 Å². The first-order valence-electron chi connectivity index (χ1n) is 7.63. The summed E-state index contributed by atoms with van der Waals surface area (Å²) in [6.45, 7) is 5.85. The molecular formula is C19H18N4O. The van der Waals surface area contributed by atoms with Gasteiger partial charge in [-0.05, 0) is 44.4 Å². The third kappa shape index (κ3) is 2.99. The summed E-state index contributed by atoms with van der Waals surface area (Å²) in [5, 5.41) is 0. The van der Waals surface area contributed by atoms with Gasteiger partial charge in [0.2, 0.25) is 0 Å². The van der Waals surface area contributed by atoms with E-state index >= 15 is 0 Å². The van der Waals surface area contributed by atoms with Crippen LogP contribution in [0.2, 0.25) is 0 Å². The van der Waals surface area contributed by atoms with Crippen molar-refractivity contribution in [3.05, 3.63) is 75.4 Å². The summed E-state index contributed by atoms with van der Waals surface area (Å²) < 4.78 is 3.28. The molecule has 120 valence electrons. The van der Waals surface area contributed by atoms with Crippen molar-refractivity contribution in [2.24, 2.45) is 7.05 Å². The first kappa shape index (κ1) is 15.8. The van der Waals surface area contributed by atoms with Crippen molar-refractivity contribution in [3.8, 4) is 17.7 Å². The minimum atomic E-state index is -0.111. The molecule has 5 nitrogen and oxygen atoms in total. The second-order valence-electron chi connectivity index (χ2n) is 5.74. The molecule has 0 spiro atoms. The third-order valence-electron chi connectivity index (χ3n) is 3.81. The Morgan fingerprint density at radius 3 is 2.58 bits per heavy atom. The van der Waals surface area contributed by atoms with Crippen LogP contribution in [0.15, 0.2) is 41.5 Å². The van der Waals surface area contributed by atoms with E-state index in [2.05, 4.69) is 21.8 Å². The fraction of sp³-hybridized carbons (Fsp3) is 0.211. The van der Waals surface area contributed by atoms with Gasteiger partial charge in [0.15, 0.2) is 0 Å². The average molecular weight is 318 g/mol. The molecular weight excluding hydrogens is 300 g/mol. The summed E-state index contributed by atoms with van der Waals surface area (Å²) in [5.74, 6) is 7.57. The van der Waals surface area contributed by atoms with Gasteiger partial charge in [-0.15, -0.1) is 0 Å². The molecule has 5 heteroatoms. The number of benzene rings is 1. The molecule has 0 N–H and O–H groups in total. The summed E-state index contributed by atoms with van der Waals surface area (Å²) in [5.41, 5.74) is 3.57. The van der Waals surface area contributed by atoms with E-state index in [0.717, 1.165) is 17.1 Å². The Morgan fingerprint density at radius 1 is 1.08 bits per heavy atom. The van der Waals surface area contributed by atoms with E-state index < -0.39 is 0 Å². The van der Waals surface area contributed by atoms with E-state index in [9.17, 15) is 4.79 Å². The third-order valence-corrected chi connectivity index (χ3v) is 3.81.